The molecule has 0 saturated carbocycles. The molecule has 0 radical (unpaired) electrons. The molecule has 1 rings (SSSR count). The van der Waals surface area contributed by atoms with Crippen LogP contribution in [0.2, 0.25) is 0 Å². The van der Waals surface area contributed by atoms with Gasteiger partial charge in [0.2, 0.25) is 0 Å². The highest BCUT2D eigenvalue weighted by molar-refractivity contribution is 4.93. The van der Waals surface area contributed by atoms with Crippen LogP contribution in [0.4, 0.5) is 13.2 Å². The van der Waals surface area contributed by atoms with Crippen molar-refractivity contribution in [1.29, 1.82) is 0 Å². The normalized spacial score (nSPS) is 29.2. The molecule has 1 fully saturated rings. The molecular weight excluding hydrogens is 253 g/mol. The van der Waals surface area contributed by atoms with Crippen molar-refractivity contribution in [2.75, 3.05) is 13.1 Å². The van der Waals surface area contributed by atoms with Gasteiger partial charge in [-0.25, -0.2) is 0 Å². The highest BCUT2D eigenvalue weighted by Crippen LogP contribution is 2.33. The summed E-state index contributed by atoms with van der Waals surface area (Å²) in [5.41, 5.74) is 5.56. The summed E-state index contributed by atoms with van der Waals surface area (Å²) in [6, 6.07) is 0.406. The van der Waals surface area contributed by atoms with Crippen LogP contribution in [0.1, 0.15) is 52.9 Å². The van der Waals surface area contributed by atoms with E-state index in [2.05, 4.69) is 18.7 Å². The van der Waals surface area contributed by atoms with E-state index in [1.807, 2.05) is 6.92 Å². The Kier molecular flexibility index (Phi) is 5.68. The van der Waals surface area contributed by atoms with E-state index in [9.17, 15) is 13.2 Å². The quantitative estimate of drug-likeness (QED) is 0.834. The van der Waals surface area contributed by atoms with Crippen LogP contribution in [0.5, 0.6) is 0 Å². The average Bonchev–Trinajstić information content (AvgIpc) is 2.26. The molecule has 2 nitrogen and oxygen atoms in total. The van der Waals surface area contributed by atoms with Crippen molar-refractivity contribution in [2.24, 2.45) is 11.7 Å². The van der Waals surface area contributed by atoms with Crippen LogP contribution in [0.25, 0.3) is 0 Å². The van der Waals surface area contributed by atoms with Gasteiger partial charge in [0.1, 0.15) is 0 Å². The van der Waals surface area contributed by atoms with Crippen LogP contribution in [-0.2, 0) is 0 Å². The maximum absolute atomic E-state index is 12.3. The van der Waals surface area contributed by atoms with E-state index in [1.165, 1.54) is 0 Å². The standard InChI is InChI=1S/C14H27F3N2/c1-11-5-8-19(12(2)9-11)13(3,10-18)6-4-7-14(15,16)17/h11-12H,4-10,18H2,1-3H3. The van der Waals surface area contributed by atoms with Gasteiger partial charge in [-0.15, -0.1) is 0 Å². The van der Waals surface area contributed by atoms with Gasteiger partial charge in [0.05, 0.1) is 0 Å². The Morgan fingerprint density at radius 3 is 2.32 bits per heavy atom. The second kappa shape index (κ2) is 6.44. The molecule has 0 amide bonds. The minimum absolute atomic E-state index is 0.163. The lowest BCUT2D eigenvalue weighted by atomic mass is 9.85. The maximum Gasteiger partial charge on any atom is 0.389 e. The number of halogens is 3. The molecule has 114 valence electrons. The fourth-order valence-electron chi connectivity index (χ4n) is 3.24. The van der Waals surface area contributed by atoms with E-state index in [0.29, 0.717) is 24.9 Å². The zero-order valence-corrected chi connectivity index (χ0v) is 12.3. The Balaban J connectivity index is 2.58. The molecule has 19 heavy (non-hydrogen) atoms. The molecule has 0 aromatic heterocycles. The Labute approximate surface area is 114 Å². The molecule has 2 N–H and O–H groups in total. The lowest BCUT2D eigenvalue weighted by Gasteiger charge is -2.48. The Bertz CT molecular complexity index is 280. The Morgan fingerprint density at radius 2 is 1.84 bits per heavy atom. The number of alkyl halides is 3. The number of piperidine rings is 1. The topological polar surface area (TPSA) is 29.3 Å². The summed E-state index contributed by atoms with van der Waals surface area (Å²) in [6.07, 6.45) is -1.87. The van der Waals surface area contributed by atoms with Crippen LogP contribution < -0.4 is 5.73 Å². The molecule has 1 aliphatic rings. The molecule has 1 aliphatic heterocycles. The van der Waals surface area contributed by atoms with Gasteiger partial charge in [-0.05, 0) is 52.0 Å². The predicted octanol–water partition coefficient (Wildman–Crippen LogP) is 3.56. The van der Waals surface area contributed by atoms with Gasteiger partial charge in [0.25, 0.3) is 0 Å². The van der Waals surface area contributed by atoms with Gasteiger partial charge in [0, 0.05) is 24.5 Å². The minimum Gasteiger partial charge on any atom is -0.329 e. The highest BCUT2D eigenvalue weighted by Gasteiger charge is 2.37. The monoisotopic (exact) mass is 280 g/mol. The molecule has 3 atom stereocenters. The van der Waals surface area contributed by atoms with Gasteiger partial charge in [-0.3, -0.25) is 4.90 Å². The molecule has 5 heteroatoms. The zero-order chi connectivity index (χ0) is 14.7. The Hall–Kier alpha value is -0.290. The zero-order valence-electron chi connectivity index (χ0n) is 12.3. The van der Waals surface area contributed by atoms with Crippen molar-refractivity contribution < 1.29 is 13.2 Å². The van der Waals surface area contributed by atoms with Gasteiger partial charge < -0.3 is 5.73 Å². The lowest BCUT2D eigenvalue weighted by Crippen LogP contribution is -2.57. The number of hydrogen-bond acceptors (Lipinski definition) is 2. The third-order valence-electron chi connectivity index (χ3n) is 4.45. The summed E-state index contributed by atoms with van der Waals surface area (Å²) in [5, 5.41) is 0. The first-order chi connectivity index (χ1) is 8.68. The molecular formula is C14H27F3N2. The number of hydrogen-bond donors (Lipinski definition) is 1. The average molecular weight is 280 g/mol. The number of rotatable bonds is 5. The lowest BCUT2D eigenvalue weighted by molar-refractivity contribution is -0.137. The first-order valence-corrected chi connectivity index (χ1v) is 7.21. The van der Waals surface area contributed by atoms with E-state index in [1.54, 1.807) is 0 Å². The van der Waals surface area contributed by atoms with Crippen molar-refractivity contribution >= 4 is 0 Å². The fraction of sp³-hybridized carbons (Fsp3) is 1.00. The molecule has 1 saturated heterocycles. The Morgan fingerprint density at radius 1 is 1.21 bits per heavy atom. The van der Waals surface area contributed by atoms with Crippen LogP contribution in [0, 0.1) is 5.92 Å². The summed E-state index contributed by atoms with van der Waals surface area (Å²) < 4.78 is 36.8. The van der Waals surface area contributed by atoms with Gasteiger partial charge in [-0.1, -0.05) is 6.92 Å². The smallest absolute Gasteiger partial charge is 0.329 e. The van der Waals surface area contributed by atoms with Crippen LogP contribution >= 0.6 is 0 Å². The first-order valence-electron chi connectivity index (χ1n) is 7.21. The molecule has 0 aliphatic carbocycles. The van der Waals surface area contributed by atoms with Crippen molar-refractivity contribution in [2.45, 2.75) is 70.6 Å². The second-order valence-corrected chi connectivity index (χ2v) is 6.34. The molecule has 3 unspecified atom stereocenters. The molecule has 0 aromatic rings. The van der Waals surface area contributed by atoms with Crippen LogP contribution in [0.3, 0.4) is 0 Å². The van der Waals surface area contributed by atoms with Crippen LogP contribution in [-0.4, -0.2) is 35.7 Å². The van der Waals surface area contributed by atoms with E-state index >= 15 is 0 Å². The molecule has 0 bridgehead atoms. The molecule has 1 heterocycles. The van der Waals surface area contributed by atoms with Crippen molar-refractivity contribution in [3.8, 4) is 0 Å². The van der Waals surface area contributed by atoms with Gasteiger partial charge in [-0.2, -0.15) is 13.2 Å². The summed E-state index contributed by atoms with van der Waals surface area (Å²) in [4.78, 5) is 2.32. The number of nitrogens with zero attached hydrogens (tertiary/aromatic N) is 1. The fourth-order valence-corrected chi connectivity index (χ4v) is 3.24. The maximum atomic E-state index is 12.3. The van der Waals surface area contributed by atoms with Crippen molar-refractivity contribution in [3.05, 3.63) is 0 Å². The summed E-state index contributed by atoms with van der Waals surface area (Å²) in [5.74, 6) is 0.698. The van der Waals surface area contributed by atoms with E-state index in [-0.39, 0.29) is 12.0 Å². The van der Waals surface area contributed by atoms with Crippen molar-refractivity contribution in [3.63, 3.8) is 0 Å². The SMILES string of the molecule is CC1CCN(C(C)(CN)CCCC(F)(F)F)C(C)C1. The number of likely N-dealkylation sites (tertiary alicyclic amines) is 1. The summed E-state index contributed by atoms with van der Waals surface area (Å²) >= 11 is 0. The minimum atomic E-state index is -4.06. The second-order valence-electron chi connectivity index (χ2n) is 6.34. The van der Waals surface area contributed by atoms with Gasteiger partial charge >= 0.3 is 6.18 Å². The highest BCUT2D eigenvalue weighted by atomic mass is 19.4. The van der Waals surface area contributed by atoms with Gasteiger partial charge in [0.15, 0.2) is 0 Å². The number of nitrogens with two attached hydrogens (primary N) is 1. The first kappa shape index (κ1) is 16.8. The van der Waals surface area contributed by atoms with E-state index < -0.39 is 12.6 Å². The third kappa shape index (κ3) is 4.95. The third-order valence-corrected chi connectivity index (χ3v) is 4.45. The van der Waals surface area contributed by atoms with E-state index in [4.69, 9.17) is 5.73 Å². The molecule has 0 spiro atoms. The van der Waals surface area contributed by atoms with Crippen LogP contribution in [0.15, 0.2) is 0 Å². The van der Waals surface area contributed by atoms with Crippen molar-refractivity contribution in [1.82, 2.24) is 4.90 Å². The summed E-state index contributed by atoms with van der Waals surface area (Å²) in [6.45, 7) is 7.77. The predicted molar refractivity (Wildman–Crippen MR) is 71.9 cm³/mol. The largest absolute Gasteiger partial charge is 0.389 e. The van der Waals surface area contributed by atoms with E-state index in [0.717, 1.165) is 19.4 Å². The molecule has 0 aromatic carbocycles. The summed E-state index contributed by atoms with van der Waals surface area (Å²) in [7, 11) is 0.